The summed E-state index contributed by atoms with van der Waals surface area (Å²) < 4.78 is 27.9. The normalized spacial score (nSPS) is 13.0. The first-order chi connectivity index (χ1) is 19.7. The number of thiazole rings is 1. The van der Waals surface area contributed by atoms with Crippen LogP contribution in [0.25, 0.3) is 32.2 Å². The Labute approximate surface area is 256 Å². The molecular formula is C31H29BrClN3O4S. The van der Waals surface area contributed by atoms with E-state index in [9.17, 15) is 0 Å². The fraction of sp³-hybridized carbons (Fsp3) is 0.290. The molecule has 1 N–H and O–H groups in total. The number of nitrogens with zero attached hydrogens (tertiary/aromatic N) is 2. The van der Waals surface area contributed by atoms with Gasteiger partial charge in [0.05, 0.1) is 34.9 Å². The van der Waals surface area contributed by atoms with E-state index in [0.29, 0.717) is 6.61 Å². The molecule has 0 saturated carbocycles. The zero-order chi connectivity index (χ0) is 27.1. The third kappa shape index (κ3) is 5.50. The van der Waals surface area contributed by atoms with E-state index < -0.39 is 0 Å². The Morgan fingerprint density at radius 1 is 1.05 bits per heavy atom. The molecule has 0 saturated heterocycles. The maximum absolute atomic E-state index is 6.37. The van der Waals surface area contributed by atoms with Crippen molar-refractivity contribution in [2.75, 3.05) is 32.4 Å². The predicted octanol–water partition coefficient (Wildman–Crippen LogP) is 4.13. The third-order valence-corrected chi connectivity index (χ3v) is 8.96. The van der Waals surface area contributed by atoms with Crippen LogP contribution in [-0.2, 0) is 13.0 Å². The number of aryl methyl sites for hydroxylation is 2. The topological polar surface area (TPSA) is 65.7 Å². The number of unbranched alkanes of at least 4 members (excludes halogenated alkanes) is 2. The summed E-state index contributed by atoms with van der Waals surface area (Å²) in [5, 5.41) is 6.63. The summed E-state index contributed by atoms with van der Waals surface area (Å²) in [6, 6.07) is 16.8. The zero-order valence-corrected chi connectivity index (χ0v) is 25.7. The number of halogens is 2. The zero-order valence-electron chi connectivity index (χ0n) is 22.5. The summed E-state index contributed by atoms with van der Waals surface area (Å²) in [5.74, 6) is 3.23. The van der Waals surface area contributed by atoms with Crippen molar-refractivity contribution in [1.82, 2.24) is 4.98 Å². The molecule has 41 heavy (non-hydrogen) atoms. The van der Waals surface area contributed by atoms with Crippen LogP contribution in [0.3, 0.4) is 0 Å². The highest BCUT2D eigenvalue weighted by molar-refractivity contribution is 9.10. The predicted molar refractivity (Wildman–Crippen MR) is 161 cm³/mol. The van der Waals surface area contributed by atoms with Crippen molar-refractivity contribution in [2.24, 2.45) is 0 Å². The second-order valence-corrected chi connectivity index (χ2v) is 12.0. The number of anilines is 1. The monoisotopic (exact) mass is 653 g/mol. The van der Waals surface area contributed by atoms with Gasteiger partial charge in [0.25, 0.3) is 0 Å². The van der Waals surface area contributed by atoms with Gasteiger partial charge in [-0.15, -0.1) is 0 Å². The number of hydrogen-bond acceptors (Lipinski definition) is 7. The molecule has 3 aromatic carbocycles. The van der Waals surface area contributed by atoms with Gasteiger partial charge < -0.3 is 36.7 Å². The number of ether oxygens (including phenoxy) is 4. The first kappa shape index (κ1) is 27.9. The minimum atomic E-state index is 0. The van der Waals surface area contributed by atoms with E-state index in [1.807, 2.05) is 18.2 Å². The smallest absolute Gasteiger partial charge is 0.231 e. The molecular weight excluding hydrogens is 626 g/mol. The summed E-state index contributed by atoms with van der Waals surface area (Å²) >= 11 is 5.22. The fourth-order valence-corrected chi connectivity index (χ4v) is 6.90. The van der Waals surface area contributed by atoms with Crippen molar-refractivity contribution in [3.8, 4) is 34.3 Å². The summed E-state index contributed by atoms with van der Waals surface area (Å²) in [6.45, 7) is 2.71. The van der Waals surface area contributed by atoms with E-state index in [1.165, 1.54) is 21.5 Å². The van der Waals surface area contributed by atoms with Gasteiger partial charge in [-0.2, -0.15) is 4.57 Å². The van der Waals surface area contributed by atoms with Gasteiger partial charge in [0.2, 0.25) is 12.5 Å². The Hall–Kier alpha value is -3.27. The molecule has 5 aromatic rings. The third-order valence-electron chi connectivity index (χ3n) is 7.49. The van der Waals surface area contributed by atoms with Crippen molar-refractivity contribution in [1.29, 1.82) is 0 Å². The summed E-state index contributed by atoms with van der Waals surface area (Å²) in [6.07, 6.45) is 6.23. The van der Waals surface area contributed by atoms with Gasteiger partial charge in [0.1, 0.15) is 0 Å². The standard InChI is InChI=1S/C31H29BrN3O4S.ClH/c1-36-26-8-5-19-13-25-22-16-28-27(38-18-39-28)14-20(22)9-11-35(25)17-23(19)30(26)37-12-4-2-3-10-33-31-34-24-7-6-21(32)15-29(24)40-31;/h5-8,13-17H,2-4,9-12,18H2,1H3,(H,33,34);1H/q+1;/p-1. The number of pyridine rings is 1. The quantitative estimate of drug-likeness (QED) is 0.191. The Balaban J connectivity index is 0.00000302. The van der Waals surface area contributed by atoms with Crippen LogP contribution in [0.5, 0.6) is 23.0 Å². The van der Waals surface area contributed by atoms with Crippen molar-refractivity contribution in [3.63, 3.8) is 0 Å². The van der Waals surface area contributed by atoms with Crippen LogP contribution in [-0.4, -0.2) is 32.0 Å². The molecule has 4 heterocycles. The lowest BCUT2D eigenvalue weighted by Gasteiger charge is -2.18. The summed E-state index contributed by atoms with van der Waals surface area (Å²) in [4.78, 5) is 4.67. The number of aromatic nitrogens is 2. The van der Waals surface area contributed by atoms with Crippen molar-refractivity contribution < 1.29 is 35.9 Å². The summed E-state index contributed by atoms with van der Waals surface area (Å²) in [5.41, 5.74) is 4.70. The molecule has 0 bridgehead atoms. The molecule has 0 fully saturated rings. The molecule has 0 amide bonds. The molecule has 0 aliphatic carbocycles. The van der Waals surface area contributed by atoms with Crippen LogP contribution < -0.4 is 41.2 Å². The van der Waals surface area contributed by atoms with E-state index >= 15 is 0 Å². The maximum Gasteiger partial charge on any atom is 0.231 e. The second kappa shape index (κ2) is 11.9. The van der Waals surface area contributed by atoms with Crippen LogP contribution >= 0.6 is 27.3 Å². The SMILES string of the molecule is COc1ccc2cc3[n+](cc2c1OCCCCCNc1nc2ccc(Br)cc2s1)CCc1cc2c(cc1-3)OCO2.[Cl-]. The van der Waals surface area contributed by atoms with Gasteiger partial charge in [-0.25, -0.2) is 4.98 Å². The highest BCUT2D eigenvalue weighted by Gasteiger charge is 2.28. The van der Waals surface area contributed by atoms with Crippen LogP contribution in [0.1, 0.15) is 24.8 Å². The van der Waals surface area contributed by atoms with Gasteiger partial charge in [-0.1, -0.05) is 27.3 Å². The lowest BCUT2D eigenvalue weighted by Crippen LogP contribution is -3.00. The molecule has 0 unspecified atom stereocenters. The van der Waals surface area contributed by atoms with Crippen LogP contribution in [0, 0.1) is 0 Å². The lowest BCUT2D eigenvalue weighted by atomic mass is 9.95. The van der Waals surface area contributed by atoms with Gasteiger partial charge >= 0.3 is 0 Å². The van der Waals surface area contributed by atoms with Crippen molar-refractivity contribution >= 4 is 53.4 Å². The fourth-order valence-electron chi connectivity index (χ4n) is 5.45. The van der Waals surface area contributed by atoms with E-state index in [0.717, 1.165) is 87.7 Å². The van der Waals surface area contributed by atoms with E-state index in [4.69, 9.17) is 18.9 Å². The first-order valence-electron chi connectivity index (χ1n) is 13.6. The van der Waals surface area contributed by atoms with Gasteiger partial charge in [-0.05, 0) is 72.7 Å². The lowest BCUT2D eigenvalue weighted by molar-refractivity contribution is -0.686. The Morgan fingerprint density at radius 2 is 1.93 bits per heavy atom. The van der Waals surface area contributed by atoms with Crippen LogP contribution in [0.15, 0.2) is 59.2 Å². The molecule has 0 radical (unpaired) electrons. The minimum Gasteiger partial charge on any atom is -1.00 e. The Kier molecular flexibility index (Phi) is 8.10. The largest absolute Gasteiger partial charge is 1.00 e. The highest BCUT2D eigenvalue weighted by atomic mass is 79.9. The Morgan fingerprint density at radius 3 is 2.80 bits per heavy atom. The number of fused-ring (bicyclic) bond motifs is 6. The van der Waals surface area contributed by atoms with Gasteiger partial charge in [0.15, 0.2) is 40.9 Å². The molecule has 2 aliphatic heterocycles. The van der Waals surface area contributed by atoms with E-state index in [1.54, 1.807) is 18.4 Å². The average Bonchev–Trinajstić information content (AvgIpc) is 3.60. The molecule has 7 rings (SSSR count). The number of nitrogens with one attached hydrogen (secondary N) is 1. The Bertz CT molecular complexity index is 1740. The molecule has 2 aromatic heterocycles. The molecule has 0 atom stereocenters. The van der Waals surface area contributed by atoms with Crippen LogP contribution in [0.4, 0.5) is 5.13 Å². The minimum absolute atomic E-state index is 0. The number of benzene rings is 3. The van der Waals surface area contributed by atoms with Gasteiger partial charge in [-0.3, -0.25) is 0 Å². The molecule has 7 nitrogen and oxygen atoms in total. The molecule has 10 heteroatoms. The van der Waals surface area contributed by atoms with Crippen LogP contribution in [0.2, 0.25) is 0 Å². The van der Waals surface area contributed by atoms with E-state index in [2.05, 4.69) is 67.3 Å². The average molecular weight is 655 g/mol. The molecule has 2 aliphatic rings. The maximum atomic E-state index is 6.37. The highest BCUT2D eigenvalue weighted by Crippen LogP contribution is 2.41. The first-order valence-corrected chi connectivity index (χ1v) is 15.2. The molecule has 212 valence electrons. The van der Waals surface area contributed by atoms with Crippen molar-refractivity contribution in [2.45, 2.75) is 32.2 Å². The van der Waals surface area contributed by atoms with Gasteiger partial charge in [0, 0.05) is 23.5 Å². The van der Waals surface area contributed by atoms with Crippen molar-refractivity contribution in [3.05, 3.63) is 64.8 Å². The molecule has 0 spiro atoms. The number of hydrogen-bond donors (Lipinski definition) is 1. The number of methoxy groups -OCH3 is 1. The summed E-state index contributed by atoms with van der Waals surface area (Å²) in [7, 11) is 1.70. The second-order valence-electron chi connectivity index (χ2n) is 10.0. The van der Waals surface area contributed by atoms with E-state index in [-0.39, 0.29) is 19.2 Å². The number of rotatable bonds is 9.